The van der Waals surface area contributed by atoms with E-state index in [4.69, 9.17) is 23.2 Å². The third-order valence-electron chi connectivity index (χ3n) is 2.82. The fourth-order valence-electron chi connectivity index (χ4n) is 1.91. The molecule has 21 heavy (non-hydrogen) atoms. The molecule has 0 spiro atoms. The van der Waals surface area contributed by atoms with Gasteiger partial charge in [-0.15, -0.1) is 0 Å². The van der Waals surface area contributed by atoms with Crippen molar-refractivity contribution in [1.82, 2.24) is 15.1 Å². The van der Waals surface area contributed by atoms with Crippen LogP contribution in [0.15, 0.2) is 24.4 Å². The Labute approximate surface area is 129 Å². The number of rotatable bonds is 4. The third-order valence-corrected chi connectivity index (χ3v) is 3.35. The first-order valence-electron chi connectivity index (χ1n) is 6.14. The molecule has 0 saturated heterocycles. The fraction of sp³-hybridized carbons (Fsp3) is 0.308. The highest BCUT2D eigenvalue weighted by Gasteiger charge is 2.38. The van der Waals surface area contributed by atoms with Gasteiger partial charge in [-0.25, -0.2) is 4.68 Å². The molecule has 0 aliphatic rings. The van der Waals surface area contributed by atoms with Crippen LogP contribution >= 0.6 is 23.2 Å². The standard InChI is InChI=1S/C13H12Cl2F3N3/c1-2-19-6-8-7-20-21(12(8)13(16,17)18)11-4-3-9(14)5-10(11)15/h3-5,7,19H,2,6H2,1H3. The molecule has 0 bridgehead atoms. The third kappa shape index (κ3) is 3.51. The summed E-state index contributed by atoms with van der Waals surface area (Å²) in [5.41, 5.74) is -0.640. The number of hydrogen-bond donors (Lipinski definition) is 1. The number of benzene rings is 1. The van der Waals surface area contributed by atoms with Crippen molar-refractivity contribution in [2.75, 3.05) is 6.54 Å². The van der Waals surface area contributed by atoms with Gasteiger partial charge in [0.2, 0.25) is 0 Å². The van der Waals surface area contributed by atoms with Crippen molar-refractivity contribution < 1.29 is 13.2 Å². The SMILES string of the molecule is CCNCc1cnn(-c2ccc(Cl)cc2Cl)c1C(F)(F)F. The Morgan fingerprint density at radius 1 is 1.29 bits per heavy atom. The summed E-state index contributed by atoms with van der Waals surface area (Å²) in [7, 11) is 0. The van der Waals surface area contributed by atoms with E-state index in [1.807, 2.05) is 6.92 Å². The van der Waals surface area contributed by atoms with Gasteiger partial charge < -0.3 is 5.32 Å². The normalized spacial score (nSPS) is 11.9. The molecule has 0 saturated carbocycles. The van der Waals surface area contributed by atoms with Gasteiger partial charge in [0.05, 0.1) is 16.9 Å². The summed E-state index contributed by atoms with van der Waals surface area (Å²) in [6, 6.07) is 4.25. The van der Waals surface area contributed by atoms with Gasteiger partial charge in [-0.3, -0.25) is 0 Å². The highest BCUT2D eigenvalue weighted by atomic mass is 35.5. The molecule has 1 heterocycles. The number of hydrogen-bond acceptors (Lipinski definition) is 2. The molecule has 0 radical (unpaired) electrons. The van der Waals surface area contributed by atoms with Crippen LogP contribution in [0.25, 0.3) is 5.69 Å². The quantitative estimate of drug-likeness (QED) is 0.900. The average Bonchev–Trinajstić information content (AvgIpc) is 2.80. The second-order valence-corrected chi connectivity index (χ2v) is 5.15. The molecular formula is C13H12Cl2F3N3. The minimum Gasteiger partial charge on any atom is -0.313 e. The van der Waals surface area contributed by atoms with E-state index in [0.29, 0.717) is 11.6 Å². The highest BCUT2D eigenvalue weighted by Crippen LogP contribution is 2.35. The van der Waals surface area contributed by atoms with Gasteiger partial charge in [0.25, 0.3) is 0 Å². The van der Waals surface area contributed by atoms with Gasteiger partial charge in [-0.1, -0.05) is 30.1 Å². The zero-order chi connectivity index (χ0) is 15.6. The van der Waals surface area contributed by atoms with E-state index in [1.165, 1.54) is 24.4 Å². The number of nitrogens with one attached hydrogen (secondary N) is 1. The largest absolute Gasteiger partial charge is 0.433 e. The molecule has 2 aromatic rings. The van der Waals surface area contributed by atoms with Crippen LogP contribution in [0.1, 0.15) is 18.2 Å². The van der Waals surface area contributed by atoms with Crippen LogP contribution in [0.4, 0.5) is 13.2 Å². The molecule has 0 aliphatic heterocycles. The Balaban J connectivity index is 2.55. The summed E-state index contributed by atoms with van der Waals surface area (Å²) >= 11 is 11.7. The Hall–Kier alpha value is -1.24. The molecule has 114 valence electrons. The average molecular weight is 338 g/mol. The highest BCUT2D eigenvalue weighted by molar-refractivity contribution is 6.35. The summed E-state index contributed by atoms with van der Waals surface area (Å²) in [4.78, 5) is 0. The van der Waals surface area contributed by atoms with E-state index in [-0.39, 0.29) is 22.8 Å². The predicted molar refractivity (Wildman–Crippen MR) is 76.0 cm³/mol. The van der Waals surface area contributed by atoms with Crippen molar-refractivity contribution in [3.8, 4) is 5.69 Å². The molecule has 0 aliphatic carbocycles. The molecule has 0 unspecified atom stereocenters. The summed E-state index contributed by atoms with van der Waals surface area (Å²) < 4.78 is 40.7. The van der Waals surface area contributed by atoms with Crippen LogP contribution in [0.2, 0.25) is 10.0 Å². The van der Waals surface area contributed by atoms with Gasteiger partial charge in [0, 0.05) is 17.1 Å². The van der Waals surface area contributed by atoms with Crippen LogP contribution in [0.5, 0.6) is 0 Å². The second kappa shape index (κ2) is 6.25. The topological polar surface area (TPSA) is 29.9 Å². The lowest BCUT2D eigenvalue weighted by Gasteiger charge is -2.14. The van der Waals surface area contributed by atoms with Crippen molar-refractivity contribution >= 4 is 23.2 Å². The van der Waals surface area contributed by atoms with Crippen molar-refractivity contribution in [2.45, 2.75) is 19.6 Å². The minimum atomic E-state index is -4.54. The lowest BCUT2D eigenvalue weighted by atomic mass is 10.2. The first-order valence-corrected chi connectivity index (χ1v) is 6.90. The summed E-state index contributed by atoms with van der Waals surface area (Å²) in [5.74, 6) is 0. The fourth-order valence-corrected chi connectivity index (χ4v) is 2.40. The van der Waals surface area contributed by atoms with Gasteiger partial charge in [-0.05, 0) is 24.7 Å². The number of nitrogens with zero attached hydrogens (tertiary/aromatic N) is 2. The first-order chi connectivity index (χ1) is 9.84. The van der Waals surface area contributed by atoms with Crippen molar-refractivity contribution in [1.29, 1.82) is 0 Å². The van der Waals surface area contributed by atoms with Crippen LogP contribution in [0, 0.1) is 0 Å². The number of alkyl halides is 3. The number of halogens is 5. The van der Waals surface area contributed by atoms with Gasteiger partial charge in [0.1, 0.15) is 0 Å². The molecule has 0 amide bonds. The van der Waals surface area contributed by atoms with Gasteiger partial charge >= 0.3 is 6.18 Å². The maximum Gasteiger partial charge on any atom is 0.433 e. The Kier molecular flexibility index (Phi) is 4.81. The molecule has 8 heteroatoms. The van der Waals surface area contributed by atoms with Gasteiger partial charge in [0.15, 0.2) is 5.69 Å². The summed E-state index contributed by atoms with van der Waals surface area (Å²) in [6.07, 6.45) is -3.35. The van der Waals surface area contributed by atoms with E-state index >= 15 is 0 Å². The second-order valence-electron chi connectivity index (χ2n) is 4.30. The molecule has 1 aromatic carbocycles. The van der Waals surface area contributed by atoms with Crippen molar-refractivity contribution in [3.05, 3.63) is 45.7 Å². The molecule has 2 rings (SSSR count). The molecule has 1 N–H and O–H groups in total. The lowest BCUT2D eigenvalue weighted by molar-refractivity contribution is -0.143. The zero-order valence-corrected chi connectivity index (χ0v) is 12.5. The Morgan fingerprint density at radius 3 is 2.57 bits per heavy atom. The van der Waals surface area contributed by atoms with Crippen LogP contribution in [-0.4, -0.2) is 16.3 Å². The van der Waals surface area contributed by atoms with E-state index in [0.717, 1.165) is 4.68 Å². The minimum absolute atomic E-state index is 0.0652. The van der Waals surface area contributed by atoms with Crippen molar-refractivity contribution in [2.24, 2.45) is 0 Å². The molecular weight excluding hydrogens is 326 g/mol. The van der Waals surface area contributed by atoms with E-state index in [1.54, 1.807) is 0 Å². The molecule has 0 atom stereocenters. The van der Waals surface area contributed by atoms with Crippen LogP contribution in [-0.2, 0) is 12.7 Å². The summed E-state index contributed by atoms with van der Waals surface area (Å²) in [5, 5.41) is 7.13. The Morgan fingerprint density at radius 2 is 2.00 bits per heavy atom. The molecule has 3 nitrogen and oxygen atoms in total. The molecule has 0 fully saturated rings. The monoisotopic (exact) mass is 337 g/mol. The predicted octanol–water partition coefficient (Wildman–Crippen LogP) is 4.31. The first kappa shape index (κ1) is 16.1. The van der Waals surface area contributed by atoms with E-state index < -0.39 is 11.9 Å². The smallest absolute Gasteiger partial charge is 0.313 e. The lowest BCUT2D eigenvalue weighted by Crippen LogP contribution is -2.19. The van der Waals surface area contributed by atoms with Gasteiger partial charge in [-0.2, -0.15) is 18.3 Å². The van der Waals surface area contributed by atoms with Crippen LogP contribution < -0.4 is 5.32 Å². The van der Waals surface area contributed by atoms with Crippen LogP contribution in [0.3, 0.4) is 0 Å². The zero-order valence-electron chi connectivity index (χ0n) is 11.0. The number of aromatic nitrogens is 2. The maximum atomic E-state index is 13.3. The van der Waals surface area contributed by atoms with E-state index in [2.05, 4.69) is 10.4 Å². The van der Waals surface area contributed by atoms with Crippen molar-refractivity contribution in [3.63, 3.8) is 0 Å². The Bertz CT molecular complexity index is 638. The van der Waals surface area contributed by atoms with E-state index in [9.17, 15) is 13.2 Å². The maximum absolute atomic E-state index is 13.3. The molecule has 1 aromatic heterocycles. The summed E-state index contributed by atoms with van der Waals surface area (Å²) in [6.45, 7) is 2.45.